The Kier molecular flexibility index (Phi) is 5.90. The van der Waals surface area contributed by atoms with Crippen molar-refractivity contribution in [1.82, 2.24) is 20.3 Å². The Hall–Kier alpha value is -3.10. The summed E-state index contributed by atoms with van der Waals surface area (Å²) in [7, 11) is 3.01. The number of amides is 1. The van der Waals surface area contributed by atoms with Gasteiger partial charge in [0.1, 0.15) is 5.52 Å². The average Bonchev–Trinajstić information content (AvgIpc) is 2.71. The van der Waals surface area contributed by atoms with Crippen LogP contribution in [0.4, 0.5) is 0 Å². The van der Waals surface area contributed by atoms with Gasteiger partial charge in [-0.1, -0.05) is 29.5 Å². The SMILES string of the molecule is COC(CNC(=O)c1ccc(Cn2nnc3ccccc3c2=O)cc1)OC. The van der Waals surface area contributed by atoms with Gasteiger partial charge in [0.2, 0.25) is 0 Å². The van der Waals surface area contributed by atoms with E-state index in [1.165, 1.54) is 18.9 Å². The van der Waals surface area contributed by atoms with Crippen molar-refractivity contribution in [3.05, 3.63) is 70.0 Å². The summed E-state index contributed by atoms with van der Waals surface area (Å²) in [5.74, 6) is -0.233. The first-order valence-corrected chi connectivity index (χ1v) is 8.37. The summed E-state index contributed by atoms with van der Waals surface area (Å²) in [4.78, 5) is 24.6. The third-order valence-corrected chi connectivity index (χ3v) is 4.13. The van der Waals surface area contributed by atoms with Gasteiger partial charge in [-0.2, -0.15) is 0 Å². The van der Waals surface area contributed by atoms with Crippen LogP contribution in [0.1, 0.15) is 15.9 Å². The van der Waals surface area contributed by atoms with Crippen LogP contribution in [0.25, 0.3) is 10.9 Å². The van der Waals surface area contributed by atoms with Crippen molar-refractivity contribution in [3.8, 4) is 0 Å². The van der Waals surface area contributed by atoms with E-state index in [9.17, 15) is 9.59 Å². The van der Waals surface area contributed by atoms with Crippen LogP contribution in [0.5, 0.6) is 0 Å². The van der Waals surface area contributed by atoms with Gasteiger partial charge in [-0.15, -0.1) is 5.10 Å². The molecule has 1 aromatic heterocycles. The third kappa shape index (κ3) is 4.36. The fourth-order valence-corrected chi connectivity index (χ4v) is 2.60. The number of nitrogens with zero attached hydrogens (tertiary/aromatic N) is 3. The lowest BCUT2D eigenvalue weighted by Gasteiger charge is -2.14. The van der Waals surface area contributed by atoms with Gasteiger partial charge in [0.05, 0.1) is 18.5 Å². The normalized spacial score (nSPS) is 11.1. The van der Waals surface area contributed by atoms with E-state index in [1.54, 1.807) is 42.5 Å². The first-order valence-electron chi connectivity index (χ1n) is 8.37. The maximum atomic E-state index is 12.5. The van der Waals surface area contributed by atoms with Gasteiger partial charge in [0.25, 0.3) is 11.5 Å². The zero-order valence-electron chi connectivity index (χ0n) is 15.1. The van der Waals surface area contributed by atoms with E-state index < -0.39 is 6.29 Å². The van der Waals surface area contributed by atoms with Gasteiger partial charge in [0.15, 0.2) is 6.29 Å². The van der Waals surface area contributed by atoms with Crippen LogP contribution < -0.4 is 10.9 Å². The Morgan fingerprint density at radius 1 is 1.11 bits per heavy atom. The zero-order valence-corrected chi connectivity index (χ0v) is 15.1. The van der Waals surface area contributed by atoms with Crippen LogP contribution in [-0.4, -0.2) is 48.0 Å². The quantitative estimate of drug-likeness (QED) is 0.630. The van der Waals surface area contributed by atoms with Crippen molar-refractivity contribution in [2.75, 3.05) is 20.8 Å². The first-order chi connectivity index (χ1) is 13.1. The van der Waals surface area contributed by atoms with E-state index in [-0.39, 0.29) is 24.6 Å². The molecule has 0 aliphatic rings. The Morgan fingerprint density at radius 2 is 1.81 bits per heavy atom. The number of nitrogens with one attached hydrogen (secondary N) is 1. The Bertz CT molecular complexity index is 981. The van der Waals surface area contributed by atoms with E-state index in [4.69, 9.17) is 9.47 Å². The Morgan fingerprint density at radius 3 is 2.52 bits per heavy atom. The molecule has 1 N–H and O–H groups in total. The van der Waals surface area contributed by atoms with Crippen LogP contribution in [0, 0.1) is 0 Å². The second kappa shape index (κ2) is 8.52. The average molecular weight is 368 g/mol. The minimum atomic E-state index is -0.494. The summed E-state index contributed by atoms with van der Waals surface area (Å²) in [5.41, 5.74) is 1.70. The number of ether oxygens (including phenoxy) is 2. The molecule has 0 atom stereocenters. The molecule has 8 heteroatoms. The first kappa shape index (κ1) is 18.7. The highest BCUT2D eigenvalue weighted by atomic mass is 16.7. The van der Waals surface area contributed by atoms with Gasteiger partial charge in [-0.3, -0.25) is 9.59 Å². The molecule has 0 fully saturated rings. The molecule has 27 heavy (non-hydrogen) atoms. The number of carbonyl (C=O) groups is 1. The maximum absolute atomic E-state index is 12.5. The van der Waals surface area contributed by atoms with E-state index in [0.29, 0.717) is 16.5 Å². The molecule has 0 spiro atoms. The van der Waals surface area contributed by atoms with Gasteiger partial charge in [-0.05, 0) is 29.8 Å². The standard InChI is InChI=1S/C19H20N4O4/c1-26-17(27-2)11-20-18(24)14-9-7-13(8-10-14)12-23-19(25)15-5-3-4-6-16(15)21-22-23/h3-10,17H,11-12H2,1-2H3,(H,20,24). The second-order valence-corrected chi connectivity index (χ2v) is 5.88. The van der Waals surface area contributed by atoms with Crippen LogP contribution >= 0.6 is 0 Å². The summed E-state index contributed by atoms with van der Waals surface area (Å²) >= 11 is 0. The van der Waals surface area contributed by atoms with Crippen molar-refractivity contribution < 1.29 is 14.3 Å². The summed E-state index contributed by atoms with van der Waals surface area (Å²) in [6.45, 7) is 0.518. The predicted octanol–water partition coefficient (Wildman–Crippen LogP) is 1.19. The summed E-state index contributed by atoms with van der Waals surface area (Å²) in [6.07, 6.45) is -0.494. The van der Waals surface area contributed by atoms with Crippen LogP contribution in [0.2, 0.25) is 0 Å². The maximum Gasteiger partial charge on any atom is 0.277 e. The topological polar surface area (TPSA) is 95.3 Å². The Labute approximate surface area is 155 Å². The Balaban J connectivity index is 1.70. The van der Waals surface area contributed by atoms with Crippen molar-refractivity contribution >= 4 is 16.8 Å². The van der Waals surface area contributed by atoms with Crippen molar-refractivity contribution in [2.24, 2.45) is 0 Å². The molecule has 0 bridgehead atoms. The molecule has 3 aromatic rings. The molecule has 0 aliphatic heterocycles. The highest BCUT2D eigenvalue weighted by Crippen LogP contribution is 2.07. The van der Waals surface area contributed by atoms with Crippen molar-refractivity contribution in [3.63, 3.8) is 0 Å². The fourth-order valence-electron chi connectivity index (χ4n) is 2.60. The van der Waals surface area contributed by atoms with E-state index >= 15 is 0 Å². The lowest BCUT2D eigenvalue weighted by Crippen LogP contribution is -2.34. The molecule has 0 radical (unpaired) electrons. The molecule has 0 unspecified atom stereocenters. The van der Waals surface area contributed by atoms with Gasteiger partial charge in [-0.25, -0.2) is 4.68 Å². The highest BCUT2D eigenvalue weighted by Gasteiger charge is 2.10. The van der Waals surface area contributed by atoms with E-state index in [0.717, 1.165) is 5.56 Å². The summed E-state index contributed by atoms with van der Waals surface area (Å²) < 4.78 is 11.4. The van der Waals surface area contributed by atoms with Crippen LogP contribution in [0.15, 0.2) is 53.3 Å². The molecule has 0 saturated carbocycles. The van der Waals surface area contributed by atoms with E-state index in [2.05, 4.69) is 15.6 Å². The molecule has 8 nitrogen and oxygen atoms in total. The second-order valence-electron chi connectivity index (χ2n) is 5.88. The number of fused-ring (bicyclic) bond motifs is 1. The van der Waals surface area contributed by atoms with Crippen molar-refractivity contribution in [2.45, 2.75) is 12.8 Å². The molecular weight excluding hydrogens is 348 g/mol. The van der Waals surface area contributed by atoms with E-state index in [1.807, 2.05) is 6.07 Å². The summed E-state index contributed by atoms with van der Waals surface area (Å²) in [6, 6.07) is 14.0. The number of aromatic nitrogens is 3. The smallest absolute Gasteiger partial charge is 0.277 e. The largest absolute Gasteiger partial charge is 0.354 e. The van der Waals surface area contributed by atoms with Crippen molar-refractivity contribution in [1.29, 1.82) is 0 Å². The molecular formula is C19H20N4O4. The third-order valence-electron chi connectivity index (χ3n) is 4.13. The number of methoxy groups -OCH3 is 2. The monoisotopic (exact) mass is 368 g/mol. The zero-order chi connectivity index (χ0) is 19.2. The number of hydrogen-bond donors (Lipinski definition) is 1. The highest BCUT2D eigenvalue weighted by molar-refractivity contribution is 5.94. The molecule has 1 heterocycles. The number of carbonyl (C=O) groups excluding carboxylic acids is 1. The van der Waals surface area contributed by atoms with Gasteiger partial charge < -0.3 is 14.8 Å². The lowest BCUT2D eigenvalue weighted by atomic mass is 10.1. The van der Waals surface area contributed by atoms with Gasteiger partial charge >= 0.3 is 0 Å². The molecule has 1 amide bonds. The predicted molar refractivity (Wildman–Crippen MR) is 99.5 cm³/mol. The van der Waals surface area contributed by atoms with Gasteiger partial charge in [0, 0.05) is 19.8 Å². The number of benzene rings is 2. The summed E-state index contributed by atoms with van der Waals surface area (Å²) in [5, 5.41) is 11.3. The minimum Gasteiger partial charge on any atom is -0.354 e. The fraction of sp³-hybridized carbons (Fsp3) is 0.263. The molecule has 0 aliphatic carbocycles. The number of hydrogen-bond acceptors (Lipinski definition) is 6. The molecule has 2 aromatic carbocycles. The molecule has 3 rings (SSSR count). The van der Waals surface area contributed by atoms with Crippen LogP contribution in [-0.2, 0) is 16.0 Å². The molecule has 0 saturated heterocycles. The van der Waals surface area contributed by atoms with Crippen LogP contribution in [0.3, 0.4) is 0 Å². The number of rotatable bonds is 7. The lowest BCUT2D eigenvalue weighted by molar-refractivity contribution is -0.0974. The minimum absolute atomic E-state index is 0.201. The molecule has 140 valence electrons.